The Morgan fingerprint density at radius 3 is 2.59 bits per heavy atom. The zero-order valence-corrected chi connectivity index (χ0v) is 23.6. The van der Waals surface area contributed by atoms with Crippen molar-refractivity contribution in [2.75, 3.05) is 10.6 Å². The van der Waals surface area contributed by atoms with Crippen molar-refractivity contribution in [3.05, 3.63) is 79.8 Å². The van der Waals surface area contributed by atoms with Crippen LogP contribution in [0.2, 0.25) is 0 Å². The Labute approximate surface area is 235 Å². The lowest BCUT2D eigenvalue weighted by Crippen LogP contribution is -2.30. The van der Waals surface area contributed by atoms with Crippen molar-refractivity contribution in [2.24, 2.45) is 12.5 Å². The Morgan fingerprint density at radius 1 is 1.14 bits per heavy atom. The molecule has 0 aliphatic heterocycles. The topological polar surface area (TPSA) is 112 Å². The van der Waals surface area contributed by atoms with Gasteiger partial charge in [0, 0.05) is 32.9 Å². The Morgan fingerprint density at radius 2 is 1.89 bits per heavy atom. The van der Waals surface area contributed by atoms with Gasteiger partial charge in [-0.3, -0.25) is 9.59 Å². The Balaban J connectivity index is 1.32. The number of carbonyl (C=O) groups excluding carboxylic acids is 2. The second kappa shape index (κ2) is 10.1. The summed E-state index contributed by atoms with van der Waals surface area (Å²) >= 11 is 5.64. The van der Waals surface area contributed by atoms with Crippen LogP contribution in [0, 0.1) is 20.3 Å². The number of anilines is 3. The number of nitriles is 1. The van der Waals surface area contributed by atoms with E-state index in [0.29, 0.717) is 42.1 Å². The van der Waals surface area contributed by atoms with Crippen molar-refractivity contribution in [2.45, 2.75) is 19.4 Å². The molecule has 10 heteroatoms. The van der Waals surface area contributed by atoms with E-state index in [1.807, 2.05) is 60.1 Å². The second-order valence-electron chi connectivity index (χ2n) is 8.97. The molecule has 186 valence electrons. The van der Waals surface area contributed by atoms with E-state index < -0.39 is 5.41 Å². The lowest BCUT2D eigenvalue weighted by molar-refractivity contribution is -0.124. The molecule has 8 nitrogen and oxygen atoms in total. The van der Waals surface area contributed by atoms with Crippen LogP contribution >= 0.6 is 38.5 Å². The highest BCUT2D eigenvalue weighted by Gasteiger charge is 2.50. The highest BCUT2D eigenvalue weighted by molar-refractivity contribution is 14.1. The average Bonchev–Trinajstić information content (AvgIpc) is 3.65. The van der Waals surface area contributed by atoms with Gasteiger partial charge in [-0.1, -0.05) is 22.0 Å². The van der Waals surface area contributed by atoms with Crippen molar-refractivity contribution >= 4 is 78.7 Å². The highest BCUT2D eigenvalue weighted by Crippen LogP contribution is 2.45. The Hall–Kier alpha value is -3.43. The molecular weight excluding hydrogens is 647 g/mol. The van der Waals surface area contributed by atoms with Gasteiger partial charge in [-0.25, -0.2) is 4.98 Å². The number of carbonyl (C=O) groups is 2. The molecule has 3 N–H and O–H groups in total. The molecule has 1 aliphatic carbocycles. The van der Waals surface area contributed by atoms with E-state index >= 15 is 0 Å². The van der Waals surface area contributed by atoms with E-state index in [1.54, 1.807) is 12.1 Å². The minimum absolute atomic E-state index is 0.210. The van der Waals surface area contributed by atoms with Crippen LogP contribution in [-0.2, 0) is 18.4 Å². The molecule has 1 fully saturated rings. The van der Waals surface area contributed by atoms with Gasteiger partial charge >= 0.3 is 0 Å². The number of nitrogens with zero attached hydrogens (tertiary/aromatic N) is 3. The fourth-order valence-corrected chi connectivity index (χ4v) is 4.69. The van der Waals surface area contributed by atoms with Crippen LogP contribution in [0.1, 0.15) is 28.8 Å². The van der Waals surface area contributed by atoms with Crippen LogP contribution in [-0.4, -0.2) is 21.4 Å². The summed E-state index contributed by atoms with van der Waals surface area (Å²) in [6.45, 7) is 0.341. The summed E-state index contributed by atoms with van der Waals surface area (Å²) in [4.78, 5) is 29.8. The van der Waals surface area contributed by atoms with Crippen molar-refractivity contribution in [1.29, 1.82) is 5.26 Å². The Bertz CT molecular complexity index is 1570. The summed E-state index contributed by atoms with van der Waals surface area (Å²) in [7, 11) is 1.91. The van der Waals surface area contributed by atoms with Gasteiger partial charge in [0.2, 0.25) is 11.9 Å². The van der Waals surface area contributed by atoms with E-state index in [4.69, 9.17) is 4.98 Å². The van der Waals surface area contributed by atoms with Crippen molar-refractivity contribution in [3.63, 3.8) is 0 Å². The van der Waals surface area contributed by atoms with Crippen LogP contribution in [0.15, 0.2) is 65.1 Å². The summed E-state index contributed by atoms with van der Waals surface area (Å²) in [5.41, 5.74) is 3.72. The van der Waals surface area contributed by atoms with E-state index in [2.05, 4.69) is 60.5 Å². The van der Waals surface area contributed by atoms with E-state index in [1.165, 1.54) is 0 Å². The molecule has 1 aliphatic rings. The van der Waals surface area contributed by atoms with Gasteiger partial charge in [0.25, 0.3) is 5.91 Å². The number of hydrogen-bond acceptors (Lipinski definition) is 5. The van der Waals surface area contributed by atoms with E-state index in [0.717, 1.165) is 24.8 Å². The van der Waals surface area contributed by atoms with Crippen molar-refractivity contribution < 1.29 is 9.59 Å². The first-order chi connectivity index (χ1) is 17.8. The molecule has 5 rings (SSSR count). The van der Waals surface area contributed by atoms with Gasteiger partial charge in [-0.05, 0) is 95.6 Å². The molecule has 37 heavy (non-hydrogen) atoms. The SMILES string of the molecule is Cn1c(Nc2cc(CNC(=O)C3(C#N)CC3)ccc2I)nc2cc(C(=O)Nc3ccc(Br)cc3)ccc21. The number of nitrogens with one attached hydrogen (secondary N) is 3. The number of aromatic nitrogens is 2. The fraction of sp³-hybridized carbons (Fsp3) is 0.185. The van der Waals surface area contributed by atoms with Crippen LogP contribution in [0.25, 0.3) is 11.0 Å². The summed E-state index contributed by atoms with van der Waals surface area (Å²) in [6, 6.07) is 20.8. The van der Waals surface area contributed by atoms with Gasteiger partial charge in [0.15, 0.2) is 0 Å². The molecule has 4 aromatic rings. The zero-order valence-electron chi connectivity index (χ0n) is 19.8. The molecule has 1 heterocycles. The van der Waals surface area contributed by atoms with Crippen molar-refractivity contribution in [1.82, 2.24) is 14.9 Å². The summed E-state index contributed by atoms with van der Waals surface area (Å²) in [6.07, 6.45) is 1.24. The second-order valence-corrected chi connectivity index (χ2v) is 11.1. The molecular formula is C27H22BrIN6O2. The predicted molar refractivity (Wildman–Crippen MR) is 154 cm³/mol. The normalized spacial score (nSPS) is 13.6. The lowest BCUT2D eigenvalue weighted by atomic mass is 10.1. The molecule has 0 spiro atoms. The number of amides is 2. The lowest BCUT2D eigenvalue weighted by Gasteiger charge is -2.12. The van der Waals surface area contributed by atoms with Crippen LogP contribution in [0.5, 0.6) is 0 Å². The summed E-state index contributed by atoms with van der Waals surface area (Å²) in [5.74, 6) is 0.206. The van der Waals surface area contributed by atoms with Gasteiger partial charge in [-0.15, -0.1) is 0 Å². The monoisotopic (exact) mass is 668 g/mol. The molecule has 1 saturated carbocycles. The number of hydrogen-bond donors (Lipinski definition) is 3. The van der Waals surface area contributed by atoms with Crippen LogP contribution in [0.4, 0.5) is 17.3 Å². The number of halogens is 2. The van der Waals surface area contributed by atoms with Gasteiger partial charge in [-0.2, -0.15) is 5.26 Å². The minimum Gasteiger partial charge on any atom is -0.351 e. The summed E-state index contributed by atoms with van der Waals surface area (Å²) < 4.78 is 3.86. The molecule has 0 saturated heterocycles. The number of fused-ring (bicyclic) bond motifs is 1. The van der Waals surface area contributed by atoms with Crippen LogP contribution in [0.3, 0.4) is 0 Å². The maximum atomic E-state index is 12.8. The molecule has 1 aromatic heterocycles. The van der Waals surface area contributed by atoms with Crippen LogP contribution < -0.4 is 16.0 Å². The van der Waals surface area contributed by atoms with Gasteiger partial charge in [0.1, 0.15) is 5.41 Å². The summed E-state index contributed by atoms with van der Waals surface area (Å²) in [5, 5.41) is 18.4. The number of rotatable bonds is 7. The third kappa shape index (κ3) is 5.33. The van der Waals surface area contributed by atoms with E-state index in [-0.39, 0.29) is 11.8 Å². The molecule has 3 aromatic carbocycles. The van der Waals surface area contributed by atoms with Crippen molar-refractivity contribution in [3.8, 4) is 6.07 Å². The fourth-order valence-electron chi connectivity index (χ4n) is 3.95. The third-order valence-electron chi connectivity index (χ3n) is 6.37. The first kappa shape index (κ1) is 25.2. The first-order valence-corrected chi connectivity index (χ1v) is 13.4. The maximum Gasteiger partial charge on any atom is 0.255 e. The quantitative estimate of drug-likeness (QED) is 0.214. The minimum atomic E-state index is -0.842. The average molecular weight is 669 g/mol. The third-order valence-corrected chi connectivity index (χ3v) is 7.84. The molecule has 0 radical (unpaired) electrons. The molecule has 2 amide bonds. The largest absolute Gasteiger partial charge is 0.351 e. The number of aryl methyl sites for hydroxylation is 1. The van der Waals surface area contributed by atoms with Gasteiger partial charge in [0.05, 0.1) is 22.8 Å². The molecule has 0 bridgehead atoms. The Kier molecular flexibility index (Phi) is 6.92. The standard InChI is InChI=1S/C27H22BrIN6O2/c1-35-23-9-3-17(24(36)32-19-6-4-18(28)5-7-19)13-22(23)34-26(35)33-21-12-16(2-8-20(21)29)14-31-25(37)27(15-30)10-11-27/h2-9,12-13H,10-11,14H2,1H3,(H,31,37)(H,32,36)(H,33,34). The van der Waals surface area contributed by atoms with E-state index in [9.17, 15) is 14.9 Å². The van der Waals surface area contributed by atoms with Gasteiger partial charge < -0.3 is 20.5 Å². The number of benzene rings is 3. The highest BCUT2D eigenvalue weighted by atomic mass is 127. The predicted octanol–water partition coefficient (Wildman–Crippen LogP) is 5.86. The zero-order chi connectivity index (χ0) is 26.2. The molecule has 0 unspecified atom stereocenters. The maximum absolute atomic E-state index is 12.8. The first-order valence-electron chi connectivity index (χ1n) is 11.6. The number of imidazole rings is 1. The molecule has 0 atom stereocenters. The smallest absolute Gasteiger partial charge is 0.255 e.